The van der Waals surface area contributed by atoms with Gasteiger partial charge in [0.15, 0.2) is 5.82 Å². The number of ether oxygens (including phenoxy) is 1. The minimum atomic E-state index is -3.32. The molecular weight excluding hydrogens is 500 g/mol. The van der Waals surface area contributed by atoms with Crippen molar-refractivity contribution >= 4 is 39.1 Å². The molecule has 1 saturated heterocycles. The summed E-state index contributed by atoms with van der Waals surface area (Å²) in [6.07, 6.45) is 9.73. The van der Waals surface area contributed by atoms with Crippen LogP contribution >= 0.6 is 11.6 Å². The molecule has 0 radical (unpaired) electrons. The van der Waals surface area contributed by atoms with Crippen LogP contribution in [-0.2, 0) is 16.4 Å². The number of nitrogens with zero attached hydrogens (tertiary/aromatic N) is 3. The van der Waals surface area contributed by atoms with Crippen LogP contribution in [0.4, 0.5) is 17.5 Å². The summed E-state index contributed by atoms with van der Waals surface area (Å²) >= 11 is 6.44. The van der Waals surface area contributed by atoms with Gasteiger partial charge in [0.05, 0.1) is 25.2 Å². The van der Waals surface area contributed by atoms with E-state index in [1.165, 1.54) is 23.8 Å². The van der Waals surface area contributed by atoms with Gasteiger partial charge in [-0.15, -0.1) is 0 Å². The van der Waals surface area contributed by atoms with Crippen molar-refractivity contribution in [2.24, 2.45) is 0 Å². The molecule has 1 aromatic heterocycles. The van der Waals surface area contributed by atoms with E-state index in [1.54, 1.807) is 13.3 Å². The maximum Gasteiger partial charge on any atom is 0.229 e. The summed E-state index contributed by atoms with van der Waals surface area (Å²) in [6, 6.07) is 4.89. The summed E-state index contributed by atoms with van der Waals surface area (Å²) in [7, 11) is -1.60. The SMILES string of the molecule is CCN1C2CCC1c1c(ccc(Nc3ncc(Cl)c(N[C@@H]4CCCC[C@H]4NS(C)(=O)=O)n3)c1OC)C2. The average molecular weight is 535 g/mol. The van der Waals surface area contributed by atoms with Crippen molar-refractivity contribution in [2.45, 2.75) is 76.0 Å². The predicted octanol–water partition coefficient (Wildman–Crippen LogP) is 4.24. The fourth-order valence-corrected chi connectivity index (χ4v) is 7.22. The highest BCUT2D eigenvalue weighted by molar-refractivity contribution is 7.88. The highest BCUT2D eigenvalue weighted by atomic mass is 35.5. The zero-order valence-electron chi connectivity index (χ0n) is 21.1. The van der Waals surface area contributed by atoms with E-state index in [1.807, 2.05) is 6.07 Å². The number of benzene rings is 1. The molecule has 2 bridgehead atoms. The van der Waals surface area contributed by atoms with Crippen molar-refractivity contribution in [3.05, 3.63) is 34.5 Å². The molecule has 196 valence electrons. The number of sulfonamides is 1. The molecule has 3 heterocycles. The number of hydrogen-bond acceptors (Lipinski definition) is 8. The Morgan fingerprint density at radius 3 is 2.67 bits per heavy atom. The monoisotopic (exact) mass is 534 g/mol. The van der Waals surface area contributed by atoms with Gasteiger partial charge in [0, 0.05) is 29.7 Å². The van der Waals surface area contributed by atoms with Crippen molar-refractivity contribution in [1.29, 1.82) is 0 Å². The lowest BCUT2D eigenvalue weighted by molar-refractivity contribution is 0.184. The van der Waals surface area contributed by atoms with E-state index in [9.17, 15) is 8.42 Å². The molecule has 2 aliphatic heterocycles. The Kier molecular flexibility index (Phi) is 7.31. The topological polar surface area (TPSA) is 108 Å². The smallest absolute Gasteiger partial charge is 0.229 e. The molecule has 1 saturated carbocycles. The average Bonchev–Trinajstić information content (AvgIpc) is 3.14. The van der Waals surface area contributed by atoms with E-state index in [-0.39, 0.29) is 12.1 Å². The number of halogens is 1. The Morgan fingerprint density at radius 2 is 1.94 bits per heavy atom. The molecule has 2 unspecified atom stereocenters. The minimum Gasteiger partial charge on any atom is -0.494 e. The third-order valence-electron chi connectivity index (χ3n) is 7.73. The highest BCUT2D eigenvalue weighted by Crippen LogP contribution is 2.49. The molecular formula is C25H35ClN6O3S. The first-order chi connectivity index (χ1) is 17.3. The van der Waals surface area contributed by atoms with Crippen LogP contribution in [0.25, 0.3) is 0 Å². The van der Waals surface area contributed by atoms with Crippen molar-refractivity contribution in [3.8, 4) is 5.75 Å². The molecule has 1 aromatic carbocycles. The largest absolute Gasteiger partial charge is 0.494 e. The number of nitrogens with one attached hydrogen (secondary N) is 3. The molecule has 1 aliphatic carbocycles. The normalized spacial score (nSPS) is 25.9. The zero-order valence-corrected chi connectivity index (χ0v) is 22.6. The van der Waals surface area contributed by atoms with Crippen LogP contribution in [0, 0.1) is 0 Å². The second kappa shape index (κ2) is 10.3. The maximum absolute atomic E-state index is 11.9. The highest BCUT2D eigenvalue weighted by Gasteiger charge is 2.41. The van der Waals surface area contributed by atoms with Gasteiger partial charge in [-0.25, -0.2) is 18.1 Å². The van der Waals surface area contributed by atoms with Crippen molar-refractivity contribution in [1.82, 2.24) is 19.6 Å². The Bertz CT molecular complexity index is 1230. The molecule has 3 aliphatic rings. The number of likely N-dealkylation sites (N-methyl/N-ethyl adjacent to an activating group) is 1. The Balaban J connectivity index is 1.40. The molecule has 36 heavy (non-hydrogen) atoms. The van der Waals surface area contributed by atoms with Gasteiger partial charge >= 0.3 is 0 Å². The third-order valence-corrected chi connectivity index (χ3v) is 8.74. The van der Waals surface area contributed by atoms with E-state index in [0.717, 1.165) is 56.5 Å². The summed E-state index contributed by atoms with van der Waals surface area (Å²) in [5.41, 5.74) is 3.44. The van der Waals surface area contributed by atoms with Crippen LogP contribution in [0.5, 0.6) is 5.75 Å². The van der Waals surface area contributed by atoms with Crippen LogP contribution < -0.4 is 20.1 Å². The van der Waals surface area contributed by atoms with Crippen LogP contribution in [0.15, 0.2) is 18.3 Å². The number of anilines is 3. The van der Waals surface area contributed by atoms with Crippen LogP contribution in [0.2, 0.25) is 5.02 Å². The second-order valence-electron chi connectivity index (χ2n) is 10.0. The lowest BCUT2D eigenvalue weighted by Gasteiger charge is -2.36. The number of rotatable bonds is 8. The van der Waals surface area contributed by atoms with Gasteiger partial charge in [-0.3, -0.25) is 4.90 Å². The Morgan fingerprint density at radius 1 is 1.17 bits per heavy atom. The Labute approximate surface area is 218 Å². The van der Waals surface area contributed by atoms with Gasteiger partial charge in [0.1, 0.15) is 10.8 Å². The quantitative estimate of drug-likeness (QED) is 0.461. The molecule has 3 N–H and O–H groups in total. The molecule has 4 atom stereocenters. The van der Waals surface area contributed by atoms with Crippen molar-refractivity contribution < 1.29 is 13.2 Å². The van der Waals surface area contributed by atoms with E-state index in [2.05, 4.69) is 43.2 Å². The van der Waals surface area contributed by atoms with Gasteiger partial charge in [-0.05, 0) is 50.3 Å². The maximum atomic E-state index is 11.9. The van der Waals surface area contributed by atoms with Gasteiger partial charge in [-0.1, -0.05) is 37.4 Å². The molecule has 9 nitrogen and oxygen atoms in total. The van der Waals surface area contributed by atoms with E-state index >= 15 is 0 Å². The Hall–Kier alpha value is -2.14. The van der Waals surface area contributed by atoms with Crippen molar-refractivity contribution in [3.63, 3.8) is 0 Å². The van der Waals surface area contributed by atoms with Gasteiger partial charge in [0.25, 0.3) is 0 Å². The molecule has 2 aromatic rings. The summed E-state index contributed by atoms with van der Waals surface area (Å²) < 4.78 is 32.4. The summed E-state index contributed by atoms with van der Waals surface area (Å²) in [5.74, 6) is 1.72. The van der Waals surface area contributed by atoms with Gasteiger partial charge in [0.2, 0.25) is 16.0 Å². The minimum absolute atomic E-state index is 0.109. The molecule has 0 amide bonds. The molecule has 2 fully saturated rings. The second-order valence-corrected chi connectivity index (χ2v) is 12.2. The van der Waals surface area contributed by atoms with E-state index < -0.39 is 10.0 Å². The number of aromatic nitrogens is 2. The van der Waals surface area contributed by atoms with Gasteiger partial charge in [-0.2, -0.15) is 4.98 Å². The number of fused-ring (bicyclic) bond motifs is 4. The van der Waals surface area contributed by atoms with Crippen LogP contribution in [0.1, 0.15) is 62.6 Å². The molecule has 5 rings (SSSR count). The van der Waals surface area contributed by atoms with Crippen LogP contribution in [0.3, 0.4) is 0 Å². The number of methoxy groups -OCH3 is 1. The number of hydrogen-bond donors (Lipinski definition) is 3. The first-order valence-corrected chi connectivity index (χ1v) is 15.0. The lowest BCUT2D eigenvalue weighted by Crippen LogP contribution is -2.48. The van der Waals surface area contributed by atoms with Gasteiger partial charge < -0.3 is 15.4 Å². The van der Waals surface area contributed by atoms with E-state index in [4.69, 9.17) is 16.3 Å². The summed E-state index contributed by atoms with van der Waals surface area (Å²) in [4.78, 5) is 11.6. The summed E-state index contributed by atoms with van der Waals surface area (Å²) in [6.45, 7) is 3.25. The first-order valence-electron chi connectivity index (χ1n) is 12.8. The fraction of sp³-hybridized carbons (Fsp3) is 0.600. The lowest BCUT2D eigenvalue weighted by atomic mass is 9.91. The third kappa shape index (κ3) is 5.14. The molecule has 0 spiro atoms. The zero-order chi connectivity index (χ0) is 25.4. The first kappa shape index (κ1) is 25.5. The summed E-state index contributed by atoms with van der Waals surface area (Å²) in [5, 5.41) is 7.10. The van der Waals surface area contributed by atoms with E-state index in [0.29, 0.717) is 28.9 Å². The fourth-order valence-electron chi connectivity index (χ4n) is 6.24. The van der Waals surface area contributed by atoms with Crippen molar-refractivity contribution in [2.75, 3.05) is 30.5 Å². The van der Waals surface area contributed by atoms with Crippen LogP contribution in [-0.4, -0.2) is 61.3 Å². The standard InChI is InChI=1S/C25H35ClN6O3S/c1-4-32-16-10-12-21(32)22-15(13-16)9-11-20(23(22)35-2)29-25-27-14-17(26)24(30-25)28-18-7-5-6-8-19(18)31-36(3,33)34/h9,11,14,16,18-19,21,31H,4-8,10,12-13H2,1-3H3,(H2,27,28,29,30)/t16?,18-,19-,21?/m1/s1. The molecule has 11 heteroatoms. The predicted molar refractivity (Wildman–Crippen MR) is 143 cm³/mol.